The van der Waals surface area contributed by atoms with Crippen LogP contribution in [-0.4, -0.2) is 31.5 Å². The van der Waals surface area contributed by atoms with E-state index in [1.807, 2.05) is 13.8 Å². The van der Waals surface area contributed by atoms with E-state index in [2.05, 4.69) is 22.2 Å². The first-order valence-electron chi connectivity index (χ1n) is 5.01. The molecule has 0 aliphatic carbocycles. The van der Waals surface area contributed by atoms with Crippen molar-refractivity contribution in [1.82, 2.24) is 10.6 Å². The zero-order valence-electron chi connectivity index (χ0n) is 9.47. The first-order valence-corrected chi connectivity index (χ1v) is 5.01. The lowest BCUT2D eigenvalue weighted by Crippen LogP contribution is -2.34. The van der Waals surface area contributed by atoms with Gasteiger partial charge in [-0.2, -0.15) is 0 Å². The van der Waals surface area contributed by atoms with Crippen LogP contribution in [-0.2, 0) is 4.79 Å². The van der Waals surface area contributed by atoms with Crippen LogP contribution in [0, 0.1) is 0 Å². The molecular formula is C10H20N4O. The molecule has 0 aliphatic rings. The van der Waals surface area contributed by atoms with Crippen LogP contribution in [0.1, 0.15) is 20.3 Å². The molecule has 0 unspecified atom stereocenters. The molecule has 0 aromatic rings. The number of hydrogen-bond donors (Lipinski definition) is 3. The molecule has 0 heterocycles. The second-order valence-electron chi connectivity index (χ2n) is 3.36. The molecule has 0 saturated heterocycles. The van der Waals surface area contributed by atoms with Gasteiger partial charge in [-0.25, -0.2) is 4.99 Å². The summed E-state index contributed by atoms with van der Waals surface area (Å²) in [6.07, 6.45) is 0.916. The Bertz CT molecular complexity index is 248. The second kappa shape index (κ2) is 7.84. The quantitative estimate of drug-likeness (QED) is 0.329. The van der Waals surface area contributed by atoms with Gasteiger partial charge in [0.25, 0.3) is 0 Å². The number of hydrogen-bond acceptors (Lipinski definition) is 2. The van der Waals surface area contributed by atoms with Crippen molar-refractivity contribution < 1.29 is 4.79 Å². The first-order chi connectivity index (χ1) is 7.06. The normalized spacial score (nSPS) is 10.9. The zero-order chi connectivity index (χ0) is 11.7. The third-order valence-electron chi connectivity index (χ3n) is 1.54. The Kier molecular flexibility index (Phi) is 7.05. The van der Waals surface area contributed by atoms with Crippen molar-refractivity contribution >= 4 is 11.9 Å². The molecule has 0 rings (SSSR count). The molecule has 4 N–H and O–H groups in total. The molecule has 5 heteroatoms. The van der Waals surface area contributed by atoms with Crippen molar-refractivity contribution in [3.8, 4) is 0 Å². The van der Waals surface area contributed by atoms with Gasteiger partial charge in [0.05, 0.1) is 0 Å². The van der Waals surface area contributed by atoms with E-state index in [9.17, 15) is 4.79 Å². The summed E-state index contributed by atoms with van der Waals surface area (Å²) in [6.45, 7) is 8.90. The summed E-state index contributed by atoms with van der Waals surface area (Å²) in [5, 5.41) is 5.55. The number of guanidine groups is 1. The van der Waals surface area contributed by atoms with Gasteiger partial charge >= 0.3 is 0 Å². The Morgan fingerprint density at radius 1 is 1.47 bits per heavy atom. The molecule has 86 valence electrons. The summed E-state index contributed by atoms with van der Waals surface area (Å²) in [4.78, 5) is 15.0. The Balaban J connectivity index is 3.73. The number of nitrogens with one attached hydrogen (secondary N) is 2. The lowest BCUT2D eigenvalue weighted by atomic mass is 10.3. The van der Waals surface area contributed by atoms with Gasteiger partial charge < -0.3 is 16.4 Å². The Morgan fingerprint density at radius 3 is 2.67 bits per heavy atom. The van der Waals surface area contributed by atoms with Crippen LogP contribution in [0.2, 0.25) is 0 Å². The van der Waals surface area contributed by atoms with Gasteiger partial charge in [-0.05, 0) is 13.3 Å². The summed E-state index contributed by atoms with van der Waals surface area (Å²) in [6, 6.07) is 0. The molecule has 0 aromatic heterocycles. The van der Waals surface area contributed by atoms with Crippen LogP contribution < -0.4 is 16.4 Å². The summed E-state index contributed by atoms with van der Waals surface area (Å²) in [7, 11) is 0. The smallest absolute Gasteiger partial charge is 0.241 e. The molecule has 0 fully saturated rings. The Hall–Kier alpha value is -1.52. The topological polar surface area (TPSA) is 79.5 Å². The maximum Gasteiger partial charge on any atom is 0.241 e. The van der Waals surface area contributed by atoms with Crippen molar-refractivity contribution in [2.45, 2.75) is 20.3 Å². The summed E-state index contributed by atoms with van der Waals surface area (Å²) in [5.74, 6) is 0.154. The fraction of sp³-hybridized carbons (Fsp3) is 0.600. The van der Waals surface area contributed by atoms with E-state index >= 15 is 0 Å². The van der Waals surface area contributed by atoms with E-state index in [4.69, 9.17) is 5.73 Å². The average molecular weight is 212 g/mol. The summed E-state index contributed by atoms with van der Waals surface area (Å²) >= 11 is 0. The number of rotatable bonds is 6. The third-order valence-corrected chi connectivity index (χ3v) is 1.54. The van der Waals surface area contributed by atoms with Gasteiger partial charge in [0.1, 0.15) is 6.54 Å². The van der Waals surface area contributed by atoms with Crippen molar-refractivity contribution in [2.24, 2.45) is 10.7 Å². The lowest BCUT2D eigenvalue weighted by molar-refractivity contribution is -0.119. The highest BCUT2D eigenvalue weighted by molar-refractivity contribution is 5.83. The van der Waals surface area contributed by atoms with Crippen LogP contribution in [0.15, 0.2) is 17.1 Å². The summed E-state index contributed by atoms with van der Waals surface area (Å²) < 4.78 is 0. The number of amides is 1. The maximum absolute atomic E-state index is 11.1. The van der Waals surface area contributed by atoms with E-state index in [-0.39, 0.29) is 18.4 Å². The van der Waals surface area contributed by atoms with Crippen LogP contribution in [0.5, 0.6) is 0 Å². The van der Waals surface area contributed by atoms with E-state index in [1.165, 1.54) is 0 Å². The van der Waals surface area contributed by atoms with Crippen molar-refractivity contribution in [3.05, 3.63) is 12.2 Å². The van der Waals surface area contributed by atoms with Gasteiger partial charge in [-0.3, -0.25) is 4.79 Å². The second-order valence-corrected chi connectivity index (χ2v) is 3.36. The Morgan fingerprint density at radius 2 is 2.13 bits per heavy atom. The predicted molar refractivity (Wildman–Crippen MR) is 62.6 cm³/mol. The number of aliphatic imine (C=N–C) groups is 1. The number of carbonyl (C=O) groups excluding carboxylic acids is 1. The molecule has 0 radical (unpaired) electrons. The lowest BCUT2D eigenvalue weighted by Gasteiger charge is -2.05. The monoisotopic (exact) mass is 212 g/mol. The van der Waals surface area contributed by atoms with Crippen molar-refractivity contribution in [1.29, 1.82) is 0 Å². The van der Waals surface area contributed by atoms with Crippen LogP contribution >= 0.6 is 0 Å². The number of carbonyl (C=O) groups is 1. The molecule has 0 aromatic carbocycles. The van der Waals surface area contributed by atoms with Crippen molar-refractivity contribution in [3.63, 3.8) is 0 Å². The highest BCUT2D eigenvalue weighted by Gasteiger charge is 1.98. The van der Waals surface area contributed by atoms with Gasteiger partial charge in [0.15, 0.2) is 5.96 Å². The molecule has 0 spiro atoms. The van der Waals surface area contributed by atoms with Gasteiger partial charge in [0, 0.05) is 13.1 Å². The SMILES string of the molecule is C=C(C)CNC(N)=NCC(=O)NCCC. The van der Waals surface area contributed by atoms with Crippen LogP contribution in [0.25, 0.3) is 0 Å². The molecule has 15 heavy (non-hydrogen) atoms. The van der Waals surface area contributed by atoms with Crippen LogP contribution in [0.3, 0.4) is 0 Å². The van der Waals surface area contributed by atoms with Crippen LogP contribution in [0.4, 0.5) is 0 Å². The van der Waals surface area contributed by atoms with Gasteiger partial charge in [0.2, 0.25) is 5.91 Å². The molecule has 1 amide bonds. The molecule has 0 saturated carbocycles. The van der Waals surface area contributed by atoms with E-state index < -0.39 is 0 Å². The average Bonchev–Trinajstić information content (AvgIpc) is 2.20. The molecule has 0 bridgehead atoms. The van der Waals surface area contributed by atoms with Crippen molar-refractivity contribution in [2.75, 3.05) is 19.6 Å². The van der Waals surface area contributed by atoms with Gasteiger partial charge in [-0.1, -0.05) is 19.1 Å². The zero-order valence-corrected chi connectivity index (χ0v) is 9.47. The number of nitrogens with zero attached hydrogens (tertiary/aromatic N) is 1. The highest BCUT2D eigenvalue weighted by atomic mass is 16.1. The molecular weight excluding hydrogens is 192 g/mol. The minimum atomic E-state index is -0.114. The fourth-order valence-corrected chi connectivity index (χ4v) is 0.775. The molecule has 5 nitrogen and oxygen atoms in total. The maximum atomic E-state index is 11.1. The third kappa shape index (κ3) is 8.80. The van der Waals surface area contributed by atoms with Gasteiger partial charge in [-0.15, -0.1) is 0 Å². The van der Waals surface area contributed by atoms with E-state index in [0.29, 0.717) is 13.1 Å². The minimum Gasteiger partial charge on any atom is -0.370 e. The largest absolute Gasteiger partial charge is 0.370 e. The highest BCUT2D eigenvalue weighted by Crippen LogP contribution is 1.81. The fourth-order valence-electron chi connectivity index (χ4n) is 0.775. The number of nitrogens with two attached hydrogens (primary N) is 1. The minimum absolute atomic E-state index is 0.0645. The van der Waals surface area contributed by atoms with E-state index in [1.54, 1.807) is 0 Å². The molecule has 0 aliphatic heterocycles. The predicted octanol–water partition coefficient (Wildman–Crippen LogP) is -0.00700. The molecule has 0 atom stereocenters. The van der Waals surface area contributed by atoms with E-state index in [0.717, 1.165) is 12.0 Å². The standard InChI is InChI=1S/C10H20N4O/c1-4-5-12-9(15)7-14-10(11)13-6-8(2)3/h2,4-7H2,1,3H3,(H,12,15)(H3,11,13,14). The Labute approximate surface area is 90.8 Å². The first kappa shape index (κ1) is 13.5. The summed E-state index contributed by atoms with van der Waals surface area (Å²) in [5.41, 5.74) is 6.48.